The smallest absolute Gasteiger partial charge is 0.245 e. The van der Waals surface area contributed by atoms with Crippen LogP contribution in [0.25, 0.3) is 20.7 Å². The number of aromatic nitrogens is 2. The predicted octanol–water partition coefficient (Wildman–Crippen LogP) is 4.58. The molecule has 7 heteroatoms. The number of methoxy groups -OCH3 is 1. The van der Waals surface area contributed by atoms with Crippen LogP contribution in [-0.4, -0.2) is 40.5 Å². The second kappa shape index (κ2) is 8.35. The number of nitrogens with zero attached hydrogens (tertiary/aromatic N) is 3. The summed E-state index contributed by atoms with van der Waals surface area (Å²) in [5.74, 6) is 1.66. The van der Waals surface area contributed by atoms with Gasteiger partial charge in [0.2, 0.25) is 5.91 Å². The van der Waals surface area contributed by atoms with Crippen LogP contribution < -0.4 is 10.1 Å². The number of carbonyl (C=O) groups excluding carboxylic acids is 1. The molecule has 1 unspecified atom stereocenters. The molecule has 1 atom stereocenters. The van der Waals surface area contributed by atoms with Crippen LogP contribution in [0.15, 0.2) is 67.0 Å². The molecule has 1 saturated heterocycles. The number of benzene rings is 2. The number of carbonyl (C=O) groups is 1. The zero-order valence-corrected chi connectivity index (χ0v) is 17.9. The van der Waals surface area contributed by atoms with Crippen LogP contribution in [0.3, 0.4) is 0 Å². The van der Waals surface area contributed by atoms with E-state index in [9.17, 15) is 4.79 Å². The Labute approximate surface area is 184 Å². The fourth-order valence-corrected chi connectivity index (χ4v) is 4.92. The molecule has 0 spiro atoms. The lowest BCUT2D eigenvalue weighted by Gasteiger charge is -2.17. The Morgan fingerprint density at radius 3 is 2.71 bits per heavy atom. The summed E-state index contributed by atoms with van der Waals surface area (Å²) in [6, 6.07) is 19.8. The summed E-state index contributed by atoms with van der Waals surface area (Å²) < 4.78 is 6.21. The fraction of sp³-hybridized carbons (Fsp3) is 0.208. The number of nitrogens with one attached hydrogen (secondary N) is 1. The first-order valence-corrected chi connectivity index (χ1v) is 11.0. The molecule has 5 rings (SSSR count). The van der Waals surface area contributed by atoms with Gasteiger partial charge in [0.1, 0.15) is 23.9 Å². The van der Waals surface area contributed by atoms with Gasteiger partial charge in [0.25, 0.3) is 0 Å². The SMILES string of the molecule is COc1ccc(-c2cc3ncnc(NC4CCN(Cc5ccccc5)C4=O)c3s2)cc1. The zero-order chi connectivity index (χ0) is 21.2. The lowest BCUT2D eigenvalue weighted by molar-refractivity contribution is -0.128. The van der Waals surface area contributed by atoms with Crippen LogP contribution in [0.1, 0.15) is 12.0 Å². The molecule has 2 aromatic carbocycles. The van der Waals surface area contributed by atoms with Crippen molar-refractivity contribution < 1.29 is 9.53 Å². The van der Waals surface area contributed by atoms with Gasteiger partial charge in [-0.15, -0.1) is 11.3 Å². The van der Waals surface area contributed by atoms with Crippen LogP contribution in [0.2, 0.25) is 0 Å². The van der Waals surface area contributed by atoms with Gasteiger partial charge in [0, 0.05) is 18.0 Å². The van der Waals surface area contributed by atoms with Gasteiger partial charge in [0.15, 0.2) is 0 Å². The standard InChI is InChI=1S/C24H22N4O2S/c1-30-18-9-7-17(8-10-18)21-13-20-22(31-21)23(26-15-25-20)27-19-11-12-28(24(19)29)14-16-5-3-2-4-6-16/h2-10,13,15,19H,11-12,14H2,1H3,(H,25,26,27). The highest BCUT2D eigenvalue weighted by Gasteiger charge is 2.32. The van der Waals surface area contributed by atoms with E-state index >= 15 is 0 Å². The van der Waals surface area contributed by atoms with Crippen molar-refractivity contribution in [2.75, 3.05) is 19.0 Å². The number of hydrogen-bond acceptors (Lipinski definition) is 6. The van der Waals surface area contributed by atoms with Gasteiger partial charge < -0.3 is 15.0 Å². The number of rotatable bonds is 6. The number of likely N-dealkylation sites (tertiary alicyclic amines) is 1. The molecule has 1 aliphatic rings. The summed E-state index contributed by atoms with van der Waals surface area (Å²) in [4.78, 5) is 24.8. The van der Waals surface area contributed by atoms with Gasteiger partial charge in [-0.1, -0.05) is 30.3 Å². The number of amides is 1. The van der Waals surface area contributed by atoms with Crippen LogP contribution in [0.4, 0.5) is 5.82 Å². The molecule has 0 saturated carbocycles. The maximum atomic E-state index is 12.9. The van der Waals surface area contributed by atoms with E-state index < -0.39 is 0 Å². The van der Waals surface area contributed by atoms with Crippen molar-refractivity contribution in [3.63, 3.8) is 0 Å². The fourth-order valence-electron chi connectivity index (χ4n) is 3.85. The molecule has 1 aliphatic heterocycles. The van der Waals surface area contributed by atoms with E-state index in [2.05, 4.69) is 21.4 Å². The quantitative estimate of drug-likeness (QED) is 0.485. The summed E-state index contributed by atoms with van der Waals surface area (Å²) in [6.07, 6.45) is 2.31. The largest absolute Gasteiger partial charge is 0.497 e. The number of anilines is 1. The highest BCUT2D eigenvalue weighted by Crippen LogP contribution is 2.36. The number of fused-ring (bicyclic) bond motifs is 1. The monoisotopic (exact) mass is 430 g/mol. The Morgan fingerprint density at radius 1 is 1.13 bits per heavy atom. The van der Waals surface area contributed by atoms with Gasteiger partial charge in [-0.3, -0.25) is 4.79 Å². The molecule has 1 amide bonds. The third-order valence-electron chi connectivity index (χ3n) is 5.51. The molecule has 0 aliphatic carbocycles. The average Bonchev–Trinajstić information content (AvgIpc) is 3.40. The molecule has 31 heavy (non-hydrogen) atoms. The predicted molar refractivity (Wildman–Crippen MR) is 123 cm³/mol. The molecular formula is C24H22N4O2S. The van der Waals surface area contributed by atoms with Crippen molar-refractivity contribution in [1.29, 1.82) is 0 Å². The van der Waals surface area contributed by atoms with Gasteiger partial charge in [0.05, 0.1) is 17.3 Å². The van der Waals surface area contributed by atoms with E-state index in [-0.39, 0.29) is 11.9 Å². The van der Waals surface area contributed by atoms with Gasteiger partial charge >= 0.3 is 0 Å². The topological polar surface area (TPSA) is 67.4 Å². The minimum absolute atomic E-state index is 0.113. The van der Waals surface area contributed by atoms with Crippen molar-refractivity contribution >= 4 is 33.3 Å². The van der Waals surface area contributed by atoms with Crippen molar-refractivity contribution in [2.24, 2.45) is 0 Å². The second-order valence-corrected chi connectivity index (χ2v) is 8.56. The Kier molecular flexibility index (Phi) is 5.26. The van der Waals surface area contributed by atoms with Crippen LogP contribution in [0, 0.1) is 0 Å². The summed E-state index contributed by atoms with van der Waals surface area (Å²) in [5, 5.41) is 3.38. The van der Waals surface area contributed by atoms with Gasteiger partial charge in [-0.05, 0) is 47.9 Å². The molecular weight excluding hydrogens is 408 g/mol. The molecule has 0 bridgehead atoms. The number of ether oxygens (including phenoxy) is 1. The van der Waals surface area contributed by atoms with Crippen molar-refractivity contribution in [3.05, 3.63) is 72.6 Å². The average molecular weight is 431 g/mol. The summed E-state index contributed by atoms with van der Waals surface area (Å²) >= 11 is 1.63. The number of thiophene rings is 1. The van der Waals surface area contributed by atoms with Crippen LogP contribution >= 0.6 is 11.3 Å². The van der Waals surface area contributed by atoms with Crippen LogP contribution in [-0.2, 0) is 11.3 Å². The molecule has 6 nitrogen and oxygen atoms in total. The van der Waals surface area contributed by atoms with Crippen molar-refractivity contribution in [3.8, 4) is 16.2 Å². The van der Waals surface area contributed by atoms with E-state index in [1.165, 1.54) is 0 Å². The Bertz CT molecular complexity index is 1210. The van der Waals surface area contributed by atoms with E-state index in [0.717, 1.165) is 50.8 Å². The van der Waals surface area contributed by atoms with Crippen molar-refractivity contribution in [2.45, 2.75) is 19.0 Å². The molecule has 3 heterocycles. The lowest BCUT2D eigenvalue weighted by atomic mass is 10.2. The maximum absolute atomic E-state index is 12.9. The Hall–Kier alpha value is -3.45. The number of hydrogen-bond donors (Lipinski definition) is 1. The third kappa shape index (κ3) is 3.96. The second-order valence-electron chi connectivity index (χ2n) is 7.51. The van der Waals surface area contributed by atoms with Gasteiger partial charge in [-0.25, -0.2) is 9.97 Å². The molecule has 1 N–H and O–H groups in total. The highest BCUT2D eigenvalue weighted by atomic mass is 32.1. The maximum Gasteiger partial charge on any atom is 0.245 e. The van der Waals surface area contributed by atoms with Crippen molar-refractivity contribution in [1.82, 2.24) is 14.9 Å². The first-order chi connectivity index (χ1) is 15.2. The first kappa shape index (κ1) is 19.5. The normalized spacial score (nSPS) is 16.1. The Morgan fingerprint density at radius 2 is 1.94 bits per heavy atom. The molecule has 4 aromatic rings. The third-order valence-corrected chi connectivity index (χ3v) is 6.69. The van der Waals surface area contributed by atoms with E-state index in [1.54, 1.807) is 24.8 Å². The van der Waals surface area contributed by atoms with E-state index in [1.807, 2.05) is 59.5 Å². The molecule has 156 valence electrons. The Balaban J connectivity index is 1.35. The zero-order valence-electron chi connectivity index (χ0n) is 17.1. The summed E-state index contributed by atoms with van der Waals surface area (Å²) in [5.41, 5.74) is 3.11. The molecule has 0 radical (unpaired) electrons. The molecule has 1 fully saturated rings. The molecule has 2 aromatic heterocycles. The van der Waals surface area contributed by atoms with Gasteiger partial charge in [-0.2, -0.15) is 0 Å². The first-order valence-electron chi connectivity index (χ1n) is 10.2. The van der Waals surface area contributed by atoms with Crippen LogP contribution in [0.5, 0.6) is 5.75 Å². The highest BCUT2D eigenvalue weighted by molar-refractivity contribution is 7.22. The van der Waals surface area contributed by atoms with E-state index in [0.29, 0.717) is 6.54 Å². The minimum Gasteiger partial charge on any atom is -0.497 e. The summed E-state index contributed by atoms with van der Waals surface area (Å²) in [6.45, 7) is 1.37. The minimum atomic E-state index is -0.270. The summed E-state index contributed by atoms with van der Waals surface area (Å²) in [7, 11) is 1.66. The van der Waals surface area contributed by atoms with E-state index in [4.69, 9.17) is 4.74 Å². The lowest BCUT2D eigenvalue weighted by Crippen LogP contribution is -2.33.